The molecule has 15 heavy (non-hydrogen) atoms. The van der Waals surface area contributed by atoms with Gasteiger partial charge in [0.25, 0.3) is 0 Å². The first-order valence-corrected chi connectivity index (χ1v) is 6.63. The molecule has 0 fully saturated rings. The molecule has 1 aromatic heterocycles. The number of thiocarbonyl (C=S) groups is 1. The fraction of sp³-hybridized carbons (Fsp3) is 0.500. The van der Waals surface area contributed by atoms with Crippen molar-refractivity contribution in [1.29, 1.82) is 0 Å². The van der Waals surface area contributed by atoms with Crippen molar-refractivity contribution in [1.82, 2.24) is 4.98 Å². The summed E-state index contributed by atoms with van der Waals surface area (Å²) in [5.41, 5.74) is 0. The molecule has 1 aromatic rings. The van der Waals surface area contributed by atoms with Crippen LogP contribution in [-0.2, 0) is 4.74 Å². The summed E-state index contributed by atoms with van der Waals surface area (Å²) in [4.78, 5) is 3.99. The molecule has 1 unspecified atom stereocenters. The molecule has 1 atom stereocenters. The van der Waals surface area contributed by atoms with E-state index in [0.29, 0.717) is 21.9 Å². The summed E-state index contributed by atoms with van der Waals surface area (Å²) in [6, 6.07) is 0. The Kier molecular flexibility index (Phi) is 5.92. The summed E-state index contributed by atoms with van der Waals surface area (Å²) >= 11 is 7.65. The van der Waals surface area contributed by atoms with Gasteiger partial charge in [-0.3, -0.25) is 0 Å². The molecule has 0 aliphatic heterocycles. The van der Waals surface area contributed by atoms with Gasteiger partial charge in [-0.05, 0) is 19.1 Å². The van der Waals surface area contributed by atoms with Crippen LogP contribution < -0.4 is 5.32 Å². The second-order valence-electron chi connectivity index (χ2n) is 2.49. The lowest BCUT2D eigenvalue weighted by Crippen LogP contribution is -2.22. The minimum Gasteiger partial charge on any atom is -0.479 e. The van der Waals surface area contributed by atoms with Gasteiger partial charge in [0.2, 0.25) is 4.38 Å². The molecule has 0 amide bonds. The molecule has 4 nitrogen and oxygen atoms in total. The fourth-order valence-electron chi connectivity index (χ4n) is 0.785. The number of hydrogen-bond donors (Lipinski definition) is 2. The fourth-order valence-corrected chi connectivity index (χ4v) is 2.26. The number of ether oxygens (including phenoxy) is 1. The van der Waals surface area contributed by atoms with Gasteiger partial charge in [0, 0.05) is 17.3 Å². The van der Waals surface area contributed by atoms with E-state index in [1.54, 1.807) is 6.20 Å². The molecule has 0 bridgehead atoms. The minimum atomic E-state index is -0.667. The number of thiazole rings is 1. The van der Waals surface area contributed by atoms with Gasteiger partial charge in [0.1, 0.15) is 6.23 Å². The first-order valence-electron chi connectivity index (χ1n) is 4.36. The lowest BCUT2D eigenvalue weighted by molar-refractivity contribution is 0.229. The summed E-state index contributed by atoms with van der Waals surface area (Å²) in [6.07, 6.45) is 1.01. The van der Waals surface area contributed by atoms with Crippen molar-refractivity contribution in [3.63, 3.8) is 0 Å². The Morgan fingerprint density at radius 2 is 2.67 bits per heavy atom. The van der Waals surface area contributed by atoms with Crippen molar-refractivity contribution < 1.29 is 9.84 Å². The maximum absolute atomic E-state index is 9.56. The third-order valence-electron chi connectivity index (χ3n) is 1.34. The van der Waals surface area contributed by atoms with E-state index in [-0.39, 0.29) is 0 Å². The highest BCUT2D eigenvalue weighted by Gasteiger charge is 2.07. The maximum atomic E-state index is 9.56. The molecular weight excluding hydrogens is 252 g/mol. The van der Waals surface area contributed by atoms with Crippen molar-refractivity contribution >= 4 is 44.8 Å². The van der Waals surface area contributed by atoms with Crippen LogP contribution >= 0.6 is 35.3 Å². The van der Waals surface area contributed by atoms with Crippen molar-refractivity contribution in [3.05, 3.63) is 11.6 Å². The van der Waals surface area contributed by atoms with E-state index in [9.17, 15) is 5.11 Å². The van der Waals surface area contributed by atoms with Crippen LogP contribution in [0.5, 0.6) is 0 Å². The molecule has 84 valence electrons. The van der Waals surface area contributed by atoms with Crippen LogP contribution in [-0.4, -0.2) is 33.1 Å². The summed E-state index contributed by atoms with van der Waals surface area (Å²) in [6.45, 7) is 2.43. The normalized spacial score (nSPS) is 12.1. The smallest absolute Gasteiger partial charge is 0.220 e. The molecule has 0 aromatic carbocycles. The number of nitrogens with one attached hydrogen (secondary N) is 1. The van der Waals surface area contributed by atoms with Crippen LogP contribution in [0.2, 0.25) is 0 Å². The lowest BCUT2D eigenvalue weighted by atomic mass is 10.7. The highest BCUT2D eigenvalue weighted by Crippen LogP contribution is 2.14. The lowest BCUT2D eigenvalue weighted by Gasteiger charge is -2.11. The SMILES string of the molecule is CCOC(=S)SCC(O)Nc1nccs1. The van der Waals surface area contributed by atoms with Crippen molar-refractivity contribution in [2.45, 2.75) is 13.2 Å². The summed E-state index contributed by atoms with van der Waals surface area (Å²) in [5.74, 6) is 0.443. The number of hydrogen-bond acceptors (Lipinski definition) is 7. The Morgan fingerprint density at radius 1 is 1.87 bits per heavy atom. The highest BCUT2D eigenvalue weighted by molar-refractivity contribution is 8.22. The van der Waals surface area contributed by atoms with Gasteiger partial charge in [-0.25, -0.2) is 4.98 Å². The van der Waals surface area contributed by atoms with E-state index in [4.69, 9.17) is 17.0 Å². The monoisotopic (exact) mass is 264 g/mol. The molecule has 0 aliphatic carbocycles. The number of aliphatic hydroxyl groups is 1. The van der Waals surface area contributed by atoms with Crippen molar-refractivity contribution in [3.8, 4) is 0 Å². The third kappa shape index (κ3) is 5.31. The Bertz CT molecular complexity index is 292. The number of aromatic nitrogens is 1. The average molecular weight is 264 g/mol. The summed E-state index contributed by atoms with van der Waals surface area (Å²) < 4.78 is 5.53. The number of aliphatic hydroxyl groups excluding tert-OH is 1. The second-order valence-corrected chi connectivity index (χ2v) is 5.01. The molecule has 2 N–H and O–H groups in total. The molecular formula is C8H12N2O2S3. The Hall–Kier alpha value is -0.370. The zero-order valence-electron chi connectivity index (χ0n) is 8.17. The number of thioether (sulfide) groups is 1. The molecule has 0 radical (unpaired) electrons. The van der Waals surface area contributed by atoms with Gasteiger partial charge in [-0.15, -0.1) is 11.3 Å². The van der Waals surface area contributed by atoms with E-state index < -0.39 is 6.23 Å². The van der Waals surface area contributed by atoms with E-state index in [2.05, 4.69) is 10.3 Å². The molecule has 0 saturated heterocycles. The first-order chi connectivity index (χ1) is 7.22. The topological polar surface area (TPSA) is 54.4 Å². The van der Waals surface area contributed by atoms with Gasteiger partial charge >= 0.3 is 0 Å². The predicted octanol–water partition coefficient (Wildman–Crippen LogP) is 1.93. The predicted molar refractivity (Wildman–Crippen MR) is 68.4 cm³/mol. The van der Waals surface area contributed by atoms with E-state index >= 15 is 0 Å². The van der Waals surface area contributed by atoms with Gasteiger partial charge in [0.05, 0.1) is 6.61 Å². The minimum absolute atomic E-state index is 0.443. The Labute approximate surface area is 102 Å². The molecule has 0 spiro atoms. The first kappa shape index (κ1) is 12.7. The molecule has 7 heteroatoms. The molecule has 0 aliphatic rings. The van der Waals surface area contributed by atoms with Gasteiger partial charge in [-0.2, -0.15) is 0 Å². The number of rotatable bonds is 5. The van der Waals surface area contributed by atoms with Crippen molar-refractivity contribution in [2.24, 2.45) is 0 Å². The van der Waals surface area contributed by atoms with Crippen LogP contribution in [0.4, 0.5) is 5.13 Å². The van der Waals surface area contributed by atoms with Crippen LogP contribution in [0.1, 0.15) is 6.92 Å². The Morgan fingerprint density at radius 3 is 3.27 bits per heavy atom. The van der Waals surface area contributed by atoms with Gasteiger partial charge in [0.15, 0.2) is 5.13 Å². The number of anilines is 1. The standard InChI is InChI=1S/C8H12N2O2S3/c1-2-12-8(13)15-5-6(11)10-7-9-3-4-14-7/h3-4,6,11H,2,5H2,1H3,(H,9,10). The quantitative estimate of drug-likeness (QED) is 0.626. The average Bonchev–Trinajstić information content (AvgIpc) is 2.68. The van der Waals surface area contributed by atoms with Crippen LogP contribution in [0.3, 0.4) is 0 Å². The number of nitrogens with zero attached hydrogens (tertiary/aromatic N) is 1. The zero-order chi connectivity index (χ0) is 11.1. The second kappa shape index (κ2) is 7.00. The molecule has 0 saturated carbocycles. The molecule has 1 heterocycles. The van der Waals surface area contributed by atoms with Crippen LogP contribution in [0.15, 0.2) is 11.6 Å². The maximum Gasteiger partial charge on any atom is 0.220 e. The molecule has 1 rings (SSSR count). The van der Waals surface area contributed by atoms with E-state index in [1.165, 1.54) is 23.1 Å². The van der Waals surface area contributed by atoms with Gasteiger partial charge in [-0.1, -0.05) is 11.8 Å². The summed E-state index contributed by atoms with van der Waals surface area (Å²) in [5, 5.41) is 14.9. The largest absolute Gasteiger partial charge is 0.479 e. The van der Waals surface area contributed by atoms with Gasteiger partial charge < -0.3 is 15.2 Å². The van der Waals surface area contributed by atoms with Crippen molar-refractivity contribution in [2.75, 3.05) is 17.7 Å². The summed E-state index contributed by atoms with van der Waals surface area (Å²) in [7, 11) is 0. The van der Waals surface area contributed by atoms with E-state index in [1.807, 2.05) is 12.3 Å². The van der Waals surface area contributed by atoms with Crippen LogP contribution in [0.25, 0.3) is 0 Å². The van der Waals surface area contributed by atoms with Crippen LogP contribution in [0, 0.1) is 0 Å². The zero-order valence-corrected chi connectivity index (χ0v) is 10.6. The third-order valence-corrected chi connectivity index (χ3v) is 3.36. The highest BCUT2D eigenvalue weighted by atomic mass is 32.2. The Balaban J connectivity index is 2.19. The van der Waals surface area contributed by atoms with E-state index in [0.717, 1.165) is 0 Å².